The molecular weight excluding hydrogens is 803 g/mol. The molecular formula is C49H59N5O7S. The van der Waals surface area contributed by atoms with Crippen LogP contribution in [0.1, 0.15) is 70.8 Å². The lowest BCUT2D eigenvalue weighted by atomic mass is 9.89. The van der Waals surface area contributed by atoms with Gasteiger partial charge in [0.2, 0.25) is 21.8 Å². The van der Waals surface area contributed by atoms with Crippen molar-refractivity contribution in [1.82, 2.24) is 25.7 Å². The van der Waals surface area contributed by atoms with Crippen molar-refractivity contribution in [3.05, 3.63) is 115 Å². The molecule has 2 unspecified atom stereocenters. The molecule has 3 aliphatic rings. The number of sulfonamides is 1. The average Bonchev–Trinajstić information content (AvgIpc) is 3.83. The van der Waals surface area contributed by atoms with Crippen LogP contribution in [-0.4, -0.2) is 62.5 Å². The van der Waals surface area contributed by atoms with E-state index in [1.165, 1.54) is 19.3 Å². The molecule has 3 saturated carbocycles. The Hall–Kier alpha value is -5.69. The molecule has 7 rings (SSSR count). The molecule has 3 amide bonds. The summed E-state index contributed by atoms with van der Waals surface area (Å²) in [5, 5.41) is 10.4. The normalized spacial score (nSPS) is 22.9. The predicted octanol–water partition coefficient (Wildman–Crippen LogP) is 7.22. The van der Waals surface area contributed by atoms with E-state index in [1.54, 1.807) is 43.5 Å². The van der Waals surface area contributed by atoms with Gasteiger partial charge >= 0.3 is 0 Å². The highest BCUT2D eigenvalue weighted by atomic mass is 32.2. The third-order valence-electron chi connectivity index (χ3n) is 12.7. The molecule has 0 spiro atoms. The predicted molar refractivity (Wildman–Crippen MR) is 241 cm³/mol. The molecule has 13 heteroatoms. The first-order chi connectivity index (χ1) is 29.8. The largest absolute Gasteiger partial charge is 0.497 e. The highest BCUT2D eigenvalue weighted by molar-refractivity contribution is 7.89. The lowest BCUT2D eigenvalue weighted by Crippen LogP contribution is -2.54. The number of carbonyl (C=O) groups excluding carboxylic acids is 3. The standard InChI is InChI=1S/C49H59N5O7S/c1-6-36-28-49(36,48(57)54-62(58,59)30-34-18-12-8-13-19-34)53-47(56)41-25-38(24-40(41)46(55)52-45(31(2)3)32(4)50-29-33-16-10-7-11-17-33)61-44-27-42(35-20-14-9-15-21-35)51-43-26-37(60-5)22-23-39(43)44/h6,8-9,12-15,18-23,26-27,31,33,36,38,40-41,45,50H,1,4,7,10-11,16-17,24-25,28-30H2,2-3,5H3,(H,52,55)(H,53,56)(H,54,57)/t36?,38?,40-,41-,45+,49-/m1/s1. The Morgan fingerprint density at radius 1 is 0.919 bits per heavy atom. The molecule has 1 heterocycles. The van der Waals surface area contributed by atoms with Crippen molar-refractivity contribution >= 4 is 38.6 Å². The van der Waals surface area contributed by atoms with Gasteiger partial charge in [0.25, 0.3) is 5.91 Å². The maximum Gasteiger partial charge on any atom is 0.259 e. The summed E-state index contributed by atoms with van der Waals surface area (Å²) in [5.74, 6) is -2.69. The topological polar surface area (TPSA) is 165 Å². The van der Waals surface area contributed by atoms with Crippen molar-refractivity contribution in [2.45, 2.75) is 88.7 Å². The smallest absolute Gasteiger partial charge is 0.259 e. The van der Waals surface area contributed by atoms with Crippen LogP contribution in [0, 0.1) is 29.6 Å². The number of carbonyl (C=O) groups is 3. The minimum Gasteiger partial charge on any atom is -0.497 e. The highest BCUT2D eigenvalue weighted by Gasteiger charge is 2.61. The summed E-state index contributed by atoms with van der Waals surface area (Å²) in [6.45, 7) is 13.0. The third kappa shape index (κ3) is 10.3. The van der Waals surface area contributed by atoms with Crippen LogP contribution in [0.4, 0.5) is 0 Å². The van der Waals surface area contributed by atoms with E-state index < -0.39 is 63.0 Å². The number of hydrogen-bond acceptors (Lipinski definition) is 9. The van der Waals surface area contributed by atoms with E-state index in [0.717, 1.165) is 36.0 Å². The van der Waals surface area contributed by atoms with Gasteiger partial charge in [-0.1, -0.05) is 106 Å². The van der Waals surface area contributed by atoms with E-state index in [9.17, 15) is 22.8 Å². The Balaban J connectivity index is 1.15. The highest BCUT2D eigenvalue weighted by Crippen LogP contribution is 2.46. The van der Waals surface area contributed by atoms with Gasteiger partial charge in [-0.05, 0) is 61.6 Å². The number of rotatable bonds is 18. The first kappa shape index (κ1) is 44.4. The maximum absolute atomic E-state index is 14.6. The van der Waals surface area contributed by atoms with E-state index in [2.05, 4.69) is 33.8 Å². The van der Waals surface area contributed by atoms with Crippen LogP contribution in [-0.2, 0) is 30.2 Å². The number of aromatic nitrogens is 1. The van der Waals surface area contributed by atoms with Crippen molar-refractivity contribution < 1.29 is 32.3 Å². The van der Waals surface area contributed by atoms with Gasteiger partial charge in [-0.3, -0.25) is 19.1 Å². The number of nitrogens with one attached hydrogen (secondary N) is 4. The number of ether oxygens (including phenoxy) is 2. The van der Waals surface area contributed by atoms with Gasteiger partial charge in [0.15, 0.2) is 0 Å². The minimum absolute atomic E-state index is 0.00720. The molecule has 62 heavy (non-hydrogen) atoms. The monoisotopic (exact) mass is 861 g/mol. The molecule has 3 aromatic carbocycles. The summed E-state index contributed by atoms with van der Waals surface area (Å²) in [6.07, 6.45) is 7.49. The van der Waals surface area contributed by atoms with E-state index in [4.69, 9.17) is 14.5 Å². The first-order valence-corrected chi connectivity index (χ1v) is 23.4. The molecule has 12 nitrogen and oxygen atoms in total. The number of fused-ring (bicyclic) bond motifs is 1. The zero-order valence-electron chi connectivity index (χ0n) is 35.9. The Morgan fingerprint density at radius 2 is 1.60 bits per heavy atom. The fraction of sp³-hybridized carbons (Fsp3) is 0.429. The SMILES string of the molecule is C=CC1C[C@]1(NC(=O)[C@@H]1CC(Oc2cc(-c3ccccc3)nc3cc(OC)ccc23)C[C@H]1C(=O)N[C@H](C(=C)NCC1CCCCC1)C(C)C)C(=O)NS(=O)(=O)Cc1ccccc1. The first-order valence-electron chi connectivity index (χ1n) is 21.8. The van der Waals surface area contributed by atoms with Gasteiger partial charge in [-0.15, -0.1) is 6.58 Å². The third-order valence-corrected chi connectivity index (χ3v) is 13.9. The van der Waals surface area contributed by atoms with Crippen molar-refractivity contribution in [2.24, 2.45) is 29.6 Å². The van der Waals surface area contributed by atoms with Crippen molar-refractivity contribution in [3.8, 4) is 22.8 Å². The molecule has 0 bridgehead atoms. The van der Waals surface area contributed by atoms with Crippen LogP contribution in [0.15, 0.2) is 110 Å². The van der Waals surface area contributed by atoms with Crippen molar-refractivity contribution in [2.75, 3.05) is 13.7 Å². The Kier molecular flexibility index (Phi) is 13.7. The average molecular weight is 862 g/mol. The van der Waals surface area contributed by atoms with Crippen LogP contribution >= 0.6 is 0 Å². The summed E-state index contributed by atoms with van der Waals surface area (Å²) in [6, 6.07) is 25.3. The van der Waals surface area contributed by atoms with Crippen molar-refractivity contribution in [3.63, 3.8) is 0 Å². The van der Waals surface area contributed by atoms with E-state index in [0.29, 0.717) is 34.2 Å². The molecule has 3 fully saturated rings. The van der Waals surface area contributed by atoms with Crippen LogP contribution in [0.25, 0.3) is 22.2 Å². The van der Waals surface area contributed by atoms with E-state index in [1.807, 2.05) is 68.4 Å². The lowest BCUT2D eigenvalue weighted by Gasteiger charge is -2.30. The van der Waals surface area contributed by atoms with Gasteiger partial charge < -0.3 is 25.4 Å². The summed E-state index contributed by atoms with van der Waals surface area (Å²) in [5.41, 5.74) is 1.90. The van der Waals surface area contributed by atoms with E-state index in [-0.39, 0.29) is 31.1 Å². The number of hydrogen-bond donors (Lipinski definition) is 4. The summed E-state index contributed by atoms with van der Waals surface area (Å²) in [4.78, 5) is 48.0. The molecule has 0 saturated heterocycles. The lowest BCUT2D eigenvalue weighted by molar-refractivity contribution is -0.136. The second-order valence-electron chi connectivity index (χ2n) is 17.5. The molecule has 328 valence electrons. The van der Waals surface area contributed by atoms with Gasteiger partial charge in [0.05, 0.1) is 42.0 Å². The fourth-order valence-electron chi connectivity index (χ4n) is 9.11. The van der Waals surface area contributed by atoms with Crippen LogP contribution < -0.4 is 30.1 Å². The number of benzene rings is 3. The number of methoxy groups -OCH3 is 1. The quantitative estimate of drug-likeness (QED) is 0.0757. The zero-order valence-corrected chi connectivity index (χ0v) is 36.7. The summed E-state index contributed by atoms with van der Waals surface area (Å²) >= 11 is 0. The second kappa shape index (κ2) is 19.1. The van der Waals surface area contributed by atoms with Crippen molar-refractivity contribution in [1.29, 1.82) is 0 Å². The van der Waals surface area contributed by atoms with Gasteiger partial charge in [0, 0.05) is 41.2 Å². The van der Waals surface area contributed by atoms with Crippen LogP contribution in [0.5, 0.6) is 11.5 Å². The molecule has 4 N–H and O–H groups in total. The second-order valence-corrected chi connectivity index (χ2v) is 19.2. The number of pyridine rings is 1. The summed E-state index contributed by atoms with van der Waals surface area (Å²) < 4.78 is 40.9. The van der Waals surface area contributed by atoms with E-state index >= 15 is 0 Å². The molecule has 6 atom stereocenters. The van der Waals surface area contributed by atoms with Gasteiger partial charge in [-0.25, -0.2) is 13.4 Å². The van der Waals surface area contributed by atoms with Gasteiger partial charge in [0.1, 0.15) is 23.1 Å². The minimum atomic E-state index is -4.12. The Morgan fingerprint density at radius 3 is 2.24 bits per heavy atom. The number of nitrogens with zero attached hydrogens (tertiary/aromatic N) is 1. The van der Waals surface area contributed by atoms with Crippen LogP contribution in [0.2, 0.25) is 0 Å². The van der Waals surface area contributed by atoms with Gasteiger partial charge in [-0.2, -0.15) is 0 Å². The Labute approximate surface area is 365 Å². The fourth-order valence-corrected chi connectivity index (χ4v) is 10.3. The van der Waals surface area contributed by atoms with Crippen LogP contribution in [0.3, 0.4) is 0 Å². The molecule has 4 aromatic rings. The molecule has 0 radical (unpaired) electrons. The zero-order chi connectivity index (χ0) is 44.0. The maximum atomic E-state index is 14.6. The molecule has 3 aliphatic carbocycles. The molecule has 1 aromatic heterocycles. The molecule has 0 aliphatic heterocycles. The Bertz CT molecular complexity index is 2390. The number of amides is 3. The summed E-state index contributed by atoms with van der Waals surface area (Å²) in [7, 11) is -2.52.